The molecule has 1 unspecified atom stereocenters. The Balaban J connectivity index is 1.73. The molecular formula is C25H32N4. The van der Waals surface area contributed by atoms with Gasteiger partial charge >= 0.3 is 0 Å². The zero-order valence-corrected chi connectivity index (χ0v) is 18.1. The first-order chi connectivity index (χ1) is 14.1. The molecule has 4 nitrogen and oxygen atoms in total. The number of fused-ring (bicyclic) bond motifs is 4. The lowest BCUT2D eigenvalue weighted by molar-refractivity contribution is 0.295. The summed E-state index contributed by atoms with van der Waals surface area (Å²) < 4.78 is 2.29. The van der Waals surface area contributed by atoms with Crippen molar-refractivity contribution in [1.29, 1.82) is 0 Å². The van der Waals surface area contributed by atoms with Crippen molar-refractivity contribution >= 4 is 38.5 Å². The lowest BCUT2D eigenvalue weighted by Crippen LogP contribution is -2.25. The van der Waals surface area contributed by atoms with Crippen molar-refractivity contribution in [1.82, 2.24) is 14.5 Å². The molecule has 2 aromatic carbocycles. The predicted octanol–water partition coefficient (Wildman–Crippen LogP) is 5.80. The van der Waals surface area contributed by atoms with Crippen LogP contribution in [0.1, 0.15) is 33.6 Å². The van der Waals surface area contributed by atoms with Gasteiger partial charge in [-0.15, -0.1) is 0 Å². The number of nitrogens with one attached hydrogen (secondary N) is 1. The Bertz CT molecular complexity index is 1120. The average Bonchev–Trinajstić information content (AvgIpc) is 3.03. The number of hydrogen-bond donors (Lipinski definition) is 1. The molecule has 4 rings (SSSR count). The van der Waals surface area contributed by atoms with Gasteiger partial charge in [0.2, 0.25) is 0 Å². The second kappa shape index (κ2) is 8.42. The number of anilines is 1. The lowest BCUT2D eigenvalue weighted by Gasteiger charge is -2.21. The first-order valence-corrected chi connectivity index (χ1v) is 10.9. The first-order valence-electron chi connectivity index (χ1n) is 10.9. The zero-order valence-electron chi connectivity index (χ0n) is 18.1. The maximum atomic E-state index is 5.03. The Morgan fingerprint density at radius 3 is 2.45 bits per heavy atom. The summed E-state index contributed by atoms with van der Waals surface area (Å²) in [6, 6.07) is 17.4. The SMILES string of the molecule is CCN(CC)CCCC(C)Nc1c2ccccc2nc2c3ccccc3n(C)c12. The van der Waals surface area contributed by atoms with Gasteiger partial charge in [-0.1, -0.05) is 50.2 Å². The van der Waals surface area contributed by atoms with Crippen LogP contribution in [0.25, 0.3) is 32.8 Å². The molecule has 1 N–H and O–H groups in total. The van der Waals surface area contributed by atoms with Crippen LogP contribution in [-0.4, -0.2) is 40.1 Å². The van der Waals surface area contributed by atoms with E-state index in [1.807, 2.05) is 0 Å². The molecule has 4 heteroatoms. The van der Waals surface area contributed by atoms with Crippen LogP contribution in [0, 0.1) is 0 Å². The molecule has 4 aromatic rings. The van der Waals surface area contributed by atoms with Gasteiger partial charge in [-0.2, -0.15) is 0 Å². The molecule has 2 heterocycles. The molecule has 0 saturated heterocycles. The highest BCUT2D eigenvalue weighted by Gasteiger charge is 2.17. The van der Waals surface area contributed by atoms with E-state index in [2.05, 4.69) is 91.1 Å². The fourth-order valence-electron chi connectivity index (χ4n) is 4.43. The standard InChI is InChI=1S/C25H32N4/c1-5-29(6-2)17-11-12-18(3)26-23-19-13-7-9-15-21(19)27-24-20-14-8-10-16-22(20)28(4)25(23)24/h7-10,13-16,18H,5-6,11-12,17H2,1-4H3,(H,26,27). The van der Waals surface area contributed by atoms with E-state index in [9.17, 15) is 0 Å². The van der Waals surface area contributed by atoms with Crippen molar-refractivity contribution in [2.75, 3.05) is 25.0 Å². The Kier molecular flexibility index (Phi) is 5.72. The lowest BCUT2D eigenvalue weighted by atomic mass is 10.1. The molecular weight excluding hydrogens is 356 g/mol. The minimum Gasteiger partial charge on any atom is -0.380 e. The fraction of sp³-hybridized carbons (Fsp3) is 0.400. The summed E-state index contributed by atoms with van der Waals surface area (Å²) in [4.78, 5) is 7.53. The topological polar surface area (TPSA) is 33.1 Å². The summed E-state index contributed by atoms with van der Waals surface area (Å²) in [6.07, 6.45) is 2.36. The minimum absolute atomic E-state index is 0.401. The quantitative estimate of drug-likeness (QED) is 0.414. The van der Waals surface area contributed by atoms with E-state index in [1.54, 1.807) is 0 Å². The van der Waals surface area contributed by atoms with E-state index in [1.165, 1.54) is 40.5 Å². The monoisotopic (exact) mass is 388 g/mol. The van der Waals surface area contributed by atoms with Gasteiger partial charge in [-0.3, -0.25) is 0 Å². The number of pyridine rings is 1. The molecule has 29 heavy (non-hydrogen) atoms. The van der Waals surface area contributed by atoms with Gasteiger partial charge in [0.25, 0.3) is 0 Å². The van der Waals surface area contributed by atoms with E-state index >= 15 is 0 Å². The summed E-state index contributed by atoms with van der Waals surface area (Å²) in [7, 11) is 2.15. The van der Waals surface area contributed by atoms with E-state index < -0.39 is 0 Å². The predicted molar refractivity (Wildman–Crippen MR) is 126 cm³/mol. The average molecular weight is 389 g/mol. The van der Waals surface area contributed by atoms with Gasteiger partial charge in [0.05, 0.1) is 27.8 Å². The number of aryl methyl sites for hydroxylation is 1. The zero-order chi connectivity index (χ0) is 20.4. The summed E-state index contributed by atoms with van der Waals surface area (Å²) in [5, 5.41) is 6.27. The molecule has 0 bridgehead atoms. The number of benzene rings is 2. The summed E-state index contributed by atoms with van der Waals surface area (Å²) in [6.45, 7) is 10.2. The second-order valence-electron chi connectivity index (χ2n) is 7.99. The van der Waals surface area contributed by atoms with Crippen molar-refractivity contribution < 1.29 is 0 Å². The smallest absolute Gasteiger partial charge is 0.0988 e. The van der Waals surface area contributed by atoms with E-state index in [0.717, 1.165) is 30.5 Å². The third-order valence-electron chi connectivity index (χ3n) is 6.12. The van der Waals surface area contributed by atoms with E-state index in [-0.39, 0.29) is 0 Å². The third kappa shape index (κ3) is 3.69. The molecule has 0 radical (unpaired) electrons. The highest BCUT2D eigenvalue weighted by atomic mass is 15.1. The van der Waals surface area contributed by atoms with Crippen molar-refractivity contribution in [3.05, 3.63) is 48.5 Å². The first kappa shape index (κ1) is 19.7. The Morgan fingerprint density at radius 2 is 1.69 bits per heavy atom. The van der Waals surface area contributed by atoms with E-state index in [0.29, 0.717) is 6.04 Å². The number of aromatic nitrogens is 2. The summed E-state index contributed by atoms with van der Waals surface area (Å²) >= 11 is 0. The molecule has 2 aromatic heterocycles. The fourth-order valence-corrected chi connectivity index (χ4v) is 4.43. The third-order valence-corrected chi connectivity index (χ3v) is 6.12. The maximum Gasteiger partial charge on any atom is 0.0988 e. The Morgan fingerprint density at radius 1 is 1.00 bits per heavy atom. The maximum absolute atomic E-state index is 5.03. The van der Waals surface area contributed by atoms with Crippen LogP contribution in [0.3, 0.4) is 0 Å². The second-order valence-corrected chi connectivity index (χ2v) is 7.99. The Labute approximate surface area is 173 Å². The molecule has 152 valence electrons. The summed E-state index contributed by atoms with van der Waals surface area (Å²) in [5.41, 5.74) is 5.76. The highest BCUT2D eigenvalue weighted by molar-refractivity contribution is 6.16. The number of rotatable bonds is 8. The van der Waals surface area contributed by atoms with Crippen LogP contribution in [0.15, 0.2) is 48.5 Å². The molecule has 0 fully saturated rings. The van der Waals surface area contributed by atoms with Crippen molar-refractivity contribution in [2.24, 2.45) is 7.05 Å². The van der Waals surface area contributed by atoms with E-state index in [4.69, 9.17) is 4.98 Å². The molecule has 0 spiro atoms. The van der Waals surface area contributed by atoms with Gasteiger partial charge in [-0.05, 0) is 51.5 Å². The van der Waals surface area contributed by atoms with Crippen LogP contribution in [0.5, 0.6) is 0 Å². The van der Waals surface area contributed by atoms with Gasteiger partial charge in [0.15, 0.2) is 0 Å². The van der Waals surface area contributed by atoms with Crippen LogP contribution in [0.2, 0.25) is 0 Å². The van der Waals surface area contributed by atoms with Crippen molar-refractivity contribution in [3.63, 3.8) is 0 Å². The molecule has 0 amide bonds. The van der Waals surface area contributed by atoms with Crippen molar-refractivity contribution in [3.8, 4) is 0 Å². The van der Waals surface area contributed by atoms with Crippen LogP contribution < -0.4 is 5.32 Å². The molecule has 0 aliphatic heterocycles. The van der Waals surface area contributed by atoms with Crippen LogP contribution in [-0.2, 0) is 7.05 Å². The van der Waals surface area contributed by atoms with Crippen molar-refractivity contribution in [2.45, 2.75) is 39.7 Å². The molecule has 0 saturated carbocycles. The molecule has 0 aliphatic carbocycles. The molecule has 1 atom stereocenters. The van der Waals surface area contributed by atoms with Gasteiger partial charge in [0, 0.05) is 23.9 Å². The number of para-hydroxylation sites is 2. The van der Waals surface area contributed by atoms with Gasteiger partial charge in [-0.25, -0.2) is 4.98 Å². The normalized spacial score (nSPS) is 13.0. The van der Waals surface area contributed by atoms with Gasteiger partial charge in [0.1, 0.15) is 0 Å². The van der Waals surface area contributed by atoms with Crippen LogP contribution in [0.4, 0.5) is 5.69 Å². The Hall–Kier alpha value is -2.59. The minimum atomic E-state index is 0.401. The van der Waals surface area contributed by atoms with Crippen LogP contribution >= 0.6 is 0 Å². The summed E-state index contributed by atoms with van der Waals surface area (Å²) in [5.74, 6) is 0. The largest absolute Gasteiger partial charge is 0.380 e. The molecule has 0 aliphatic rings. The highest BCUT2D eigenvalue weighted by Crippen LogP contribution is 2.36. The van der Waals surface area contributed by atoms with Gasteiger partial charge < -0.3 is 14.8 Å². The number of hydrogen-bond acceptors (Lipinski definition) is 3. The number of nitrogens with zero attached hydrogens (tertiary/aromatic N) is 3.